The number of carbonyl (C=O) groups excluding carboxylic acids is 2. The van der Waals surface area contributed by atoms with Crippen LogP contribution in [-0.4, -0.2) is 35.8 Å². The molecule has 2 aliphatic rings. The molecule has 0 aromatic carbocycles. The van der Waals surface area contributed by atoms with Crippen molar-refractivity contribution in [1.29, 1.82) is 0 Å². The normalized spacial score (nSPS) is 22.5. The van der Waals surface area contributed by atoms with Crippen LogP contribution in [-0.2, 0) is 17.6 Å². The summed E-state index contributed by atoms with van der Waals surface area (Å²) in [7, 11) is 0. The molecule has 1 aromatic heterocycles. The molecule has 1 N–H and O–H groups in total. The quantitative estimate of drug-likeness (QED) is 0.927. The Bertz CT molecular complexity index is 581. The van der Waals surface area contributed by atoms with Crippen LogP contribution in [0.3, 0.4) is 0 Å². The van der Waals surface area contributed by atoms with Crippen LogP contribution in [0.5, 0.6) is 0 Å². The highest BCUT2D eigenvalue weighted by Gasteiger charge is 2.24. The second kappa shape index (κ2) is 6.41. The van der Waals surface area contributed by atoms with E-state index in [1.807, 2.05) is 11.8 Å². The van der Waals surface area contributed by atoms with Gasteiger partial charge in [-0.25, -0.2) is 0 Å². The number of likely N-dealkylation sites (tertiary alicyclic amines) is 1. The first-order valence-corrected chi connectivity index (χ1v) is 9.05. The second-order valence-electron chi connectivity index (χ2n) is 6.72. The summed E-state index contributed by atoms with van der Waals surface area (Å²) in [5, 5.41) is 3.04. The van der Waals surface area contributed by atoms with Crippen LogP contribution in [0.15, 0.2) is 6.07 Å². The van der Waals surface area contributed by atoms with E-state index in [-0.39, 0.29) is 17.9 Å². The smallest absolute Gasteiger partial charge is 0.261 e. The molecule has 120 valence electrons. The summed E-state index contributed by atoms with van der Waals surface area (Å²) in [4.78, 5) is 28.1. The number of amides is 2. The number of fused-ring (bicyclic) bond motifs is 1. The first-order valence-electron chi connectivity index (χ1n) is 8.23. The summed E-state index contributed by atoms with van der Waals surface area (Å²) >= 11 is 1.64. The van der Waals surface area contributed by atoms with Gasteiger partial charge in [0.1, 0.15) is 0 Å². The van der Waals surface area contributed by atoms with Crippen LogP contribution in [0, 0.1) is 5.92 Å². The van der Waals surface area contributed by atoms with Crippen molar-refractivity contribution in [3.8, 4) is 0 Å². The van der Waals surface area contributed by atoms with Crippen LogP contribution >= 0.6 is 11.3 Å². The van der Waals surface area contributed by atoms with Crippen molar-refractivity contribution in [2.45, 2.75) is 52.0 Å². The van der Waals surface area contributed by atoms with Gasteiger partial charge in [0.05, 0.1) is 4.88 Å². The summed E-state index contributed by atoms with van der Waals surface area (Å²) in [6, 6.07) is 2.06. The zero-order chi connectivity index (χ0) is 15.7. The van der Waals surface area contributed by atoms with Crippen LogP contribution in [0.2, 0.25) is 0 Å². The number of nitrogens with zero attached hydrogens (tertiary/aromatic N) is 1. The molecule has 1 aromatic rings. The molecule has 0 spiro atoms. The lowest BCUT2D eigenvalue weighted by molar-refractivity contribution is -0.127. The summed E-state index contributed by atoms with van der Waals surface area (Å²) < 4.78 is 0. The van der Waals surface area contributed by atoms with E-state index in [0.717, 1.165) is 36.6 Å². The third-order valence-corrected chi connectivity index (χ3v) is 5.83. The van der Waals surface area contributed by atoms with E-state index < -0.39 is 0 Å². The average Bonchev–Trinajstić information content (AvgIpc) is 3.05. The average molecular weight is 320 g/mol. The van der Waals surface area contributed by atoms with E-state index in [4.69, 9.17) is 0 Å². The second-order valence-corrected chi connectivity index (χ2v) is 7.86. The Morgan fingerprint density at radius 3 is 3.05 bits per heavy atom. The molecule has 22 heavy (non-hydrogen) atoms. The van der Waals surface area contributed by atoms with Gasteiger partial charge in [-0.05, 0) is 50.2 Å². The first kappa shape index (κ1) is 15.5. The predicted molar refractivity (Wildman–Crippen MR) is 88.3 cm³/mol. The molecule has 1 aliphatic heterocycles. The Morgan fingerprint density at radius 2 is 2.32 bits per heavy atom. The van der Waals surface area contributed by atoms with Crippen molar-refractivity contribution in [2.75, 3.05) is 13.1 Å². The van der Waals surface area contributed by atoms with Gasteiger partial charge >= 0.3 is 0 Å². The van der Waals surface area contributed by atoms with Crippen molar-refractivity contribution >= 4 is 23.2 Å². The van der Waals surface area contributed by atoms with Crippen molar-refractivity contribution in [1.82, 2.24) is 10.2 Å². The minimum Gasteiger partial charge on any atom is -0.347 e. The summed E-state index contributed by atoms with van der Waals surface area (Å²) in [5.74, 6) is 0.936. The summed E-state index contributed by atoms with van der Waals surface area (Å²) in [6.07, 6.45) is 5.01. The molecule has 3 rings (SSSR count). The van der Waals surface area contributed by atoms with Gasteiger partial charge in [0.15, 0.2) is 0 Å². The topological polar surface area (TPSA) is 49.4 Å². The van der Waals surface area contributed by atoms with Crippen LogP contribution in [0.25, 0.3) is 0 Å². The minimum atomic E-state index is -0.00685. The number of thiophene rings is 1. The van der Waals surface area contributed by atoms with Crippen molar-refractivity contribution in [3.63, 3.8) is 0 Å². The minimum absolute atomic E-state index is 0.00574. The Kier molecular flexibility index (Phi) is 4.52. The van der Waals surface area contributed by atoms with Crippen LogP contribution in [0.1, 0.15) is 53.2 Å². The zero-order valence-corrected chi connectivity index (χ0v) is 14.2. The monoisotopic (exact) mass is 320 g/mol. The highest BCUT2D eigenvalue weighted by Crippen LogP contribution is 2.32. The molecule has 1 aliphatic carbocycles. The SMILES string of the molecule is C[C@@H]1CCc2sc(C(=O)N[C@@H](C)CN3CCCC3=O)cc2C1. The zero-order valence-electron chi connectivity index (χ0n) is 13.4. The number of aryl methyl sites for hydroxylation is 1. The lowest BCUT2D eigenvalue weighted by Crippen LogP contribution is -2.42. The molecule has 2 amide bonds. The molecular weight excluding hydrogens is 296 g/mol. The van der Waals surface area contributed by atoms with Crippen LogP contribution in [0.4, 0.5) is 0 Å². The van der Waals surface area contributed by atoms with E-state index in [2.05, 4.69) is 18.3 Å². The molecule has 4 nitrogen and oxygen atoms in total. The molecule has 0 bridgehead atoms. The molecule has 1 saturated heterocycles. The highest BCUT2D eigenvalue weighted by molar-refractivity contribution is 7.14. The van der Waals surface area contributed by atoms with E-state index in [1.165, 1.54) is 16.9 Å². The van der Waals surface area contributed by atoms with Gasteiger partial charge in [-0.2, -0.15) is 0 Å². The van der Waals surface area contributed by atoms with Crippen molar-refractivity contribution in [2.24, 2.45) is 5.92 Å². The lowest BCUT2D eigenvalue weighted by atomic mass is 9.90. The van der Waals surface area contributed by atoms with Gasteiger partial charge in [-0.3, -0.25) is 9.59 Å². The van der Waals surface area contributed by atoms with Gasteiger partial charge in [0, 0.05) is 30.4 Å². The maximum Gasteiger partial charge on any atom is 0.261 e. The Hall–Kier alpha value is -1.36. The fraction of sp³-hybridized carbons (Fsp3) is 0.647. The standard InChI is InChI=1S/C17H24N2O2S/c1-11-5-6-14-13(8-11)9-15(22-14)17(21)18-12(2)10-19-7-3-4-16(19)20/h9,11-12H,3-8,10H2,1-2H3,(H,18,21)/t11-,12+/m1/s1. The van der Waals surface area contributed by atoms with Gasteiger partial charge in [0.2, 0.25) is 5.91 Å². The van der Waals surface area contributed by atoms with E-state index >= 15 is 0 Å². The van der Waals surface area contributed by atoms with Gasteiger partial charge in [-0.1, -0.05) is 6.92 Å². The maximum absolute atomic E-state index is 12.4. The molecule has 2 heterocycles. The van der Waals surface area contributed by atoms with Crippen LogP contribution < -0.4 is 5.32 Å². The van der Waals surface area contributed by atoms with Crippen molar-refractivity contribution < 1.29 is 9.59 Å². The molecule has 5 heteroatoms. The van der Waals surface area contributed by atoms with E-state index in [1.54, 1.807) is 11.3 Å². The fourth-order valence-corrected chi connectivity index (χ4v) is 4.50. The maximum atomic E-state index is 12.4. The molecular formula is C17H24N2O2S. The summed E-state index contributed by atoms with van der Waals surface area (Å²) in [6.45, 7) is 5.69. The van der Waals surface area contributed by atoms with E-state index in [0.29, 0.717) is 13.0 Å². The van der Waals surface area contributed by atoms with Gasteiger partial charge < -0.3 is 10.2 Å². The number of rotatable bonds is 4. The number of nitrogens with one attached hydrogen (secondary N) is 1. The number of carbonyl (C=O) groups is 2. The largest absolute Gasteiger partial charge is 0.347 e. The van der Waals surface area contributed by atoms with Gasteiger partial charge in [0.25, 0.3) is 5.91 Å². The molecule has 0 saturated carbocycles. The Balaban J connectivity index is 1.58. The van der Waals surface area contributed by atoms with E-state index in [9.17, 15) is 9.59 Å². The Morgan fingerprint density at radius 1 is 1.50 bits per heavy atom. The lowest BCUT2D eigenvalue weighted by Gasteiger charge is -2.21. The predicted octanol–water partition coefficient (Wildman–Crippen LogP) is 2.61. The first-order chi connectivity index (χ1) is 10.5. The third kappa shape index (κ3) is 3.35. The summed E-state index contributed by atoms with van der Waals surface area (Å²) in [5.41, 5.74) is 1.36. The van der Waals surface area contributed by atoms with Crippen molar-refractivity contribution in [3.05, 3.63) is 21.4 Å². The number of hydrogen-bond acceptors (Lipinski definition) is 3. The van der Waals surface area contributed by atoms with Gasteiger partial charge in [-0.15, -0.1) is 11.3 Å². The fourth-order valence-electron chi connectivity index (χ4n) is 3.39. The molecule has 0 unspecified atom stereocenters. The Labute approximate surface area is 135 Å². The highest BCUT2D eigenvalue weighted by atomic mass is 32.1. The molecule has 0 radical (unpaired) electrons. The number of hydrogen-bond donors (Lipinski definition) is 1. The molecule has 2 atom stereocenters. The molecule has 1 fully saturated rings. The third-order valence-electron chi connectivity index (χ3n) is 4.60.